The van der Waals surface area contributed by atoms with Crippen LogP contribution < -0.4 is 21.1 Å². The van der Waals surface area contributed by atoms with Gasteiger partial charge in [-0.15, -0.1) is 0 Å². The predicted molar refractivity (Wildman–Crippen MR) is 294 cm³/mol. The number of hydrogen-bond acceptors (Lipinski definition) is 3. The number of nitrogens with one attached hydrogen (secondary N) is 1. The maximum atomic E-state index is 6.61. The fourth-order valence-corrected chi connectivity index (χ4v) is 10.9. The van der Waals surface area contributed by atoms with Crippen LogP contribution in [0.15, 0.2) is 229 Å². The van der Waals surface area contributed by atoms with Gasteiger partial charge in [0, 0.05) is 66.7 Å². The maximum Gasteiger partial charge on any atom is 0.198 e. The molecule has 0 radical (unpaired) electrons. The van der Waals surface area contributed by atoms with E-state index in [9.17, 15) is 0 Å². The van der Waals surface area contributed by atoms with Crippen molar-refractivity contribution in [1.29, 1.82) is 0 Å². The number of fused-ring (bicyclic) bond motifs is 8. The lowest BCUT2D eigenvalue weighted by atomic mass is 9.58. The molecule has 1 aliphatic heterocycles. The number of benzene rings is 10. The van der Waals surface area contributed by atoms with Crippen molar-refractivity contribution >= 4 is 90.4 Å². The van der Waals surface area contributed by atoms with Crippen molar-refractivity contribution in [2.45, 2.75) is 26.2 Å². The van der Waals surface area contributed by atoms with Crippen LogP contribution in [0.25, 0.3) is 82.8 Å². The van der Waals surface area contributed by atoms with Crippen LogP contribution in [0, 0.1) is 0 Å². The number of rotatable bonds is 8. The van der Waals surface area contributed by atoms with Crippen molar-refractivity contribution in [2.24, 2.45) is 0 Å². The Morgan fingerprint density at radius 1 is 0.478 bits per heavy atom. The van der Waals surface area contributed by atoms with Gasteiger partial charge in [-0.1, -0.05) is 166 Å². The van der Waals surface area contributed by atoms with E-state index in [1.54, 1.807) is 0 Å². The van der Waals surface area contributed by atoms with Gasteiger partial charge in [-0.05, 0) is 129 Å². The molecule has 0 aliphatic carbocycles. The Labute approximate surface area is 403 Å². The largest absolute Gasteiger partial charge is 0.456 e. The molecule has 4 nitrogen and oxygen atoms in total. The first-order valence-corrected chi connectivity index (χ1v) is 24.0. The summed E-state index contributed by atoms with van der Waals surface area (Å²) in [4.78, 5) is 2.37. The normalized spacial score (nSPS) is 12.1. The van der Waals surface area contributed by atoms with E-state index in [0.29, 0.717) is 0 Å². The molecule has 3 heterocycles. The Hall–Kier alpha value is -8.54. The van der Waals surface area contributed by atoms with Crippen LogP contribution in [0.3, 0.4) is 0 Å². The lowest BCUT2D eigenvalue weighted by molar-refractivity contribution is 0.590. The lowest BCUT2D eigenvalue weighted by Gasteiger charge is -2.28. The molecule has 0 atom stereocenters. The van der Waals surface area contributed by atoms with Crippen molar-refractivity contribution < 1.29 is 4.42 Å². The minimum absolute atomic E-state index is 0.0386. The molecule has 12 aromatic rings. The molecule has 0 saturated carbocycles. The van der Waals surface area contributed by atoms with Crippen molar-refractivity contribution in [3.63, 3.8) is 0 Å². The zero-order valence-electron chi connectivity index (χ0n) is 38.9. The summed E-state index contributed by atoms with van der Waals surface area (Å²) in [5, 5.41) is 8.71. The summed E-state index contributed by atoms with van der Waals surface area (Å²) in [5.41, 5.74) is 21.6. The maximum absolute atomic E-state index is 6.61. The average Bonchev–Trinajstić information content (AvgIpc) is 3.93. The van der Waals surface area contributed by atoms with Gasteiger partial charge in [0.15, 0.2) is 7.28 Å². The van der Waals surface area contributed by atoms with Crippen molar-refractivity contribution in [2.75, 3.05) is 10.2 Å². The third kappa shape index (κ3) is 6.84. The summed E-state index contributed by atoms with van der Waals surface area (Å²) in [7, 11) is 0.718. The van der Waals surface area contributed by atoms with Gasteiger partial charge < -0.3 is 19.2 Å². The molecular weight excluding hydrogens is 838 g/mol. The summed E-state index contributed by atoms with van der Waals surface area (Å²) in [6, 6.07) is 81.7. The summed E-state index contributed by atoms with van der Waals surface area (Å²) < 4.78 is 9.17. The Morgan fingerprint density at radius 3 is 1.84 bits per heavy atom. The van der Waals surface area contributed by atoms with E-state index in [0.717, 1.165) is 63.2 Å². The molecule has 5 heteroatoms. The van der Waals surface area contributed by atoms with E-state index in [1.165, 1.54) is 71.8 Å². The first-order valence-electron chi connectivity index (χ1n) is 24.0. The van der Waals surface area contributed by atoms with Gasteiger partial charge in [0.1, 0.15) is 11.2 Å². The van der Waals surface area contributed by atoms with E-state index in [1.807, 2.05) is 0 Å². The molecule has 13 rings (SSSR count). The van der Waals surface area contributed by atoms with Gasteiger partial charge >= 0.3 is 0 Å². The third-order valence-electron chi connectivity index (χ3n) is 14.1. The van der Waals surface area contributed by atoms with Crippen LogP contribution in [0.5, 0.6) is 0 Å². The van der Waals surface area contributed by atoms with Crippen LogP contribution in [-0.4, -0.2) is 11.8 Å². The first-order chi connectivity index (χ1) is 33.9. The molecule has 0 saturated heterocycles. The molecule has 0 unspecified atom stereocenters. The molecule has 10 aromatic carbocycles. The Balaban J connectivity index is 1.15. The summed E-state index contributed by atoms with van der Waals surface area (Å²) in [5.74, 6) is 0. The number of anilines is 5. The van der Waals surface area contributed by atoms with E-state index in [4.69, 9.17) is 4.42 Å². The fourth-order valence-electron chi connectivity index (χ4n) is 10.9. The molecule has 0 bridgehead atoms. The molecule has 0 spiro atoms. The van der Waals surface area contributed by atoms with Gasteiger partial charge in [-0.3, -0.25) is 0 Å². The van der Waals surface area contributed by atoms with Gasteiger partial charge in [-0.25, -0.2) is 0 Å². The van der Waals surface area contributed by atoms with Gasteiger partial charge in [-0.2, -0.15) is 0 Å². The highest BCUT2D eigenvalue weighted by Gasteiger charge is 2.31. The Morgan fingerprint density at radius 2 is 1.12 bits per heavy atom. The standard InChI is InChI=1S/C64H48BN3O/c1-64(2,3)42-31-33-43(34-32-42)66-56-36-35-46(67(44-21-9-5-10-22-44)45-23-11-6-12-24-45)37-51(56)54-38-53(48-26-14-13-25-47(48)41-19-7-4-8-20-41)61-50-28-15-17-29-57(50)68-58-39-52-49-27-16-18-30-59(49)69-60(52)40-55(58)65-62(54)63(61)68/h4-40,65-66H,1-3H3. The minimum Gasteiger partial charge on any atom is -0.456 e. The zero-order valence-corrected chi connectivity index (χ0v) is 38.9. The minimum atomic E-state index is 0.0386. The topological polar surface area (TPSA) is 33.3 Å². The molecular formula is C64H48BN3O. The number of para-hydroxylation sites is 4. The first kappa shape index (κ1) is 40.7. The second-order valence-corrected chi connectivity index (χ2v) is 19.4. The lowest BCUT2D eigenvalue weighted by Crippen LogP contribution is -2.37. The predicted octanol–water partition coefficient (Wildman–Crippen LogP) is 15.9. The highest BCUT2D eigenvalue weighted by Crippen LogP contribution is 2.47. The van der Waals surface area contributed by atoms with Gasteiger partial charge in [0.05, 0.1) is 5.52 Å². The molecule has 1 aliphatic rings. The second kappa shape index (κ2) is 16.1. The summed E-state index contributed by atoms with van der Waals surface area (Å²) >= 11 is 0. The smallest absolute Gasteiger partial charge is 0.198 e. The van der Waals surface area contributed by atoms with Crippen molar-refractivity contribution in [3.05, 3.63) is 230 Å². The van der Waals surface area contributed by atoms with Gasteiger partial charge in [0.2, 0.25) is 0 Å². The zero-order chi connectivity index (χ0) is 46.2. The molecule has 1 N–H and O–H groups in total. The summed E-state index contributed by atoms with van der Waals surface area (Å²) in [6.07, 6.45) is 0. The Bertz CT molecular complexity index is 3880. The highest BCUT2D eigenvalue weighted by atomic mass is 16.3. The van der Waals surface area contributed by atoms with Crippen LogP contribution in [0.2, 0.25) is 0 Å². The molecule has 2 aromatic heterocycles. The number of hydrogen-bond donors (Lipinski definition) is 1. The quantitative estimate of drug-likeness (QED) is 0.154. The van der Waals surface area contributed by atoms with Gasteiger partial charge in [0.25, 0.3) is 0 Å². The second-order valence-electron chi connectivity index (χ2n) is 19.4. The fraction of sp³-hybridized carbons (Fsp3) is 0.0625. The van der Waals surface area contributed by atoms with E-state index >= 15 is 0 Å². The molecule has 328 valence electrons. The van der Waals surface area contributed by atoms with Crippen molar-refractivity contribution in [3.8, 4) is 39.1 Å². The number of aromatic nitrogens is 1. The summed E-state index contributed by atoms with van der Waals surface area (Å²) in [6.45, 7) is 6.80. The van der Waals surface area contributed by atoms with Crippen LogP contribution in [0.4, 0.5) is 28.4 Å². The van der Waals surface area contributed by atoms with Crippen LogP contribution in [0.1, 0.15) is 26.3 Å². The Kier molecular flexibility index (Phi) is 9.48. The number of furan rings is 1. The molecule has 69 heavy (non-hydrogen) atoms. The van der Waals surface area contributed by atoms with Crippen molar-refractivity contribution in [1.82, 2.24) is 4.57 Å². The molecule has 0 fully saturated rings. The average molecular weight is 886 g/mol. The van der Waals surface area contributed by atoms with E-state index in [-0.39, 0.29) is 5.41 Å². The third-order valence-corrected chi connectivity index (χ3v) is 14.1. The molecule has 0 amide bonds. The van der Waals surface area contributed by atoms with Crippen LogP contribution in [-0.2, 0) is 5.41 Å². The highest BCUT2D eigenvalue weighted by molar-refractivity contribution is 6.74. The number of nitrogens with zero attached hydrogens (tertiary/aromatic N) is 2. The van der Waals surface area contributed by atoms with E-state index in [2.05, 4.69) is 260 Å². The van der Waals surface area contributed by atoms with E-state index < -0.39 is 0 Å². The SMILES string of the molecule is CC(C)(C)c1ccc(Nc2ccc(N(c3ccccc3)c3ccccc3)cc2-c2cc(-c3ccccc3-c3ccccc3)c3c4ccccc4n4c3c2Bc2cc3oc5ccccc5c3cc2-4)cc1. The monoisotopic (exact) mass is 885 g/mol. The van der Waals surface area contributed by atoms with Crippen LogP contribution >= 0.6 is 0 Å².